The maximum Gasteiger partial charge on any atom is 0.103 e. The number of thiazole rings is 1. The molecule has 0 radical (unpaired) electrons. The number of hydrogen-bond donors (Lipinski definition) is 1. The van der Waals surface area contributed by atoms with E-state index in [0.717, 1.165) is 18.0 Å². The molecule has 0 aliphatic rings. The molecule has 1 aromatic heterocycles. The molecule has 1 N–H and O–H groups in total. The van der Waals surface area contributed by atoms with Gasteiger partial charge in [0.2, 0.25) is 0 Å². The summed E-state index contributed by atoms with van der Waals surface area (Å²) in [4.78, 5) is 5.91. The summed E-state index contributed by atoms with van der Waals surface area (Å²) < 4.78 is 5.18. The van der Waals surface area contributed by atoms with Crippen molar-refractivity contribution in [2.24, 2.45) is 0 Å². The third kappa shape index (κ3) is 4.41. The van der Waals surface area contributed by atoms with Crippen molar-refractivity contribution in [1.29, 1.82) is 0 Å². The molecule has 1 rings (SSSR count). The number of aromatic nitrogens is 1. The molecule has 0 aromatic carbocycles. The maximum atomic E-state index is 5.18. The second-order valence-electron chi connectivity index (χ2n) is 3.88. The minimum atomic E-state index is 0.501. The molecule has 0 aliphatic heterocycles. The molecule has 0 fully saturated rings. The van der Waals surface area contributed by atoms with Gasteiger partial charge in [0.1, 0.15) is 5.01 Å². The second-order valence-corrected chi connectivity index (χ2v) is 5.91. The minimum absolute atomic E-state index is 0.501. The van der Waals surface area contributed by atoms with Gasteiger partial charge >= 0.3 is 0 Å². The van der Waals surface area contributed by atoms with Gasteiger partial charge < -0.3 is 10.1 Å². The summed E-state index contributed by atoms with van der Waals surface area (Å²) in [6.07, 6.45) is 2.10. The largest absolute Gasteiger partial charge is 0.378 e. The Morgan fingerprint density at radius 2 is 2.25 bits per heavy atom. The van der Waals surface area contributed by atoms with Crippen molar-refractivity contribution in [2.45, 2.75) is 38.8 Å². The first-order chi connectivity index (χ1) is 7.67. The van der Waals surface area contributed by atoms with Crippen molar-refractivity contribution in [3.8, 4) is 0 Å². The molecule has 0 spiro atoms. The normalized spacial score (nSPS) is 11.3. The number of hydrogen-bond acceptors (Lipinski definition) is 5. The first kappa shape index (κ1) is 14.0. The summed E-state index contributed by atoms with van der Waals surface area (Å²) in [6, 6.07) is 0.501. The van der Waals surface area contributed by atoms with Crippen molar-refractivity contribution in [2.75, 3.05) is 13.4 Å². The predicted molar refractivity (Wildman–Crippen MR) is 72.0 cm³/mol. The van der Waals surface area contributed by atoms with E-state index in [4.69, 9.17) is 4.74 Å². The third-order valence-electron chi connectivity index (χ3n) is 2.04. The van der Waals surface area contributed by atoms with E-state index in [-0.39, 0.29) is 0 Å². The number of nitrogens with zero attached hydrogens (tertiary/aromatic N) is 1. The fraction of sp³-hybridized carbons (Fsp3) is 0.727. The second kappa shape index (κ2) is 7.27. The van der Waals surface area contributed by atoms with Crippen LogP contribution in [0.3, 0.4) is 0 Å². The first-order valence-electron chi connectivity index (χ1n) is 5.36. The Kier molecular flexibility index (Phi) is 6.34. The van der Waals surface area contributed by atoms with Crippen LogP contribution in [-0.2, 0) is 23.6 Å². The average molecular weight is 260 g/mol. The highest BCUT2D eigenvalue weighted by Crippen LogP contribution is 2.22. The fourth-order valence-corrected chi connectivity index (χ4v) is 3.03. The summed E-state index contributed by atoms with van der Waals surface area (Å²) in [7, 11) is 1.72. The molecule has 3 nitrogen and oxygen atoms in total. The zero-order valence-corrected chi connectivity index (χ0v) is 12.0. The van der Waals surface area contributed by atoms with Crippen LogP contribution in [0, 0.1) is 0 Å². The van der Waals surface area contributed by atoms with E-state index in [0.29, 0.717) is 12.6 Å². The SMILES string of the molecule is COCc1nc(CSC)sc1CNC(C)C. The van der Waals surface area contributed by atoms with Gasteiger partial charge in [0.15, 0.2) is 0 Å². The molecule has 16 heavy (non-hydrogen) atoms. The number of nitrogens with one attached hydrogen (secondary N) is 1. The van der Waals surface area contributed by atoms with Crippen molar-refractivity contribution in [3.63, 3.8) is 0 Å². The third-order valence-corrected chi connectivity index (χ3v) is 3.88. The van der Waals surface area contributed by atoms with E-state index in [1.165, 1.54) is 9.88 Å². The standard InChI is InChI=1S/C11H20N2OS2/c1-8(2)12-5-10-9(6-14-3)13-11(16-10)7-15-4/h8,12H,5-7H2,1-4H3. The molecule has 1 aromatic rings. The van der Waals surface area contributed by atoms with Crippen LogP contribution in [-0.4, -0.2) is 24.4 Å². The van der Waals surface area contributed by atoms with E-state index >= 15 is 0 Å². The molecule has 92 valence electrons. The van der Waals surface area contributed by atoms with E-state index < -0.39 is 0 Å². The van der Waals surface area contributed by atoms with Gasteiger partial charge in [-0.05, 0) is 6.26 Å². The Morgan fingerprint density at radius 1 is 1.50 bits per heavy atom. The molecule has 0 unspecified atom stereocenters. The molecule has 5 heteroatoms. The van der Waals surface area contributed by atoms with Crippen molar-refractivity contribution in [3.05, 3.63) is 15.6 Å². The van der Waals surface area contributed by atoms with Crippen LogP contribution in [0.4, 0.5) is 0 Å². The van der Waals surface area contributed by atoms with Crippen molar-refractivity contribution < 1.29 is 4.74 Å². The van der Waals surface area contributed by atoms with Gasteiger partial charge in [0.05, 0.1) is 12.3 Å². The minimum Gasteiger partial charge on any atom is -0.378 e. The monoisotopic (exact) mass is 260 g/mol. The summed E-state index contributed by atoms with van der Waals surface area (Å²) >= 11 is 3.60. The highest BCUT2D eigenvalue weighted by Gasteiger charge is 2.10. The van der Waals surface area contributed by atoms with Gasteiger partial charge in [0, 0.05) is 30.3 Å². The Labute approximate surface area is 106 Å². The Balaban J connectivity index is 2.70. The van der Waals surface area contributed by atoms with Gasteiger partial charge in [0.25, 0.3) is 0 Å². The molecule has 0 atom stereocenters. The molecule has 0 bridgehead atoms. The van der Waals surface area contributed by atoms with Gasteiger partial charge in [-0.3, -0.25) is 0 Å². The Bertz CT molecular complexity index is 313. The van der Waals surface area contributed by atoms with E-state index in [1.807, 2.05) is 0 Å². The van der Waals surface area contributed by atoms with Crippen molar-refractivity contribution in [1.82, 2.24) is 10.3 Å². The topological polar surface area (TPSA) is 34.1 Å². The average Bonchev–Trinajstić information content (AvgIpc) is 2.59. The van der Waals surface area contributed by atoms with Gasteiger partial charge in [-0.1, -0.05) is 13.8 Å². The lowest BCUT2D eigenvalue weighted by Crippen LogP contribution is -2.21. The van der Waals surface area contributed by atoms with Crippen LogP contribution >= 0.6 is 23.1 Å². The van der Waals surface area contributed by atoms with Crippen LogP contribution in [0.25, 0.3) is 0 Å². The van der Waals surface area contributed by atoms with E-state index in [2.05, 4.69) is 30.4 Å². The predicted octanol–water partition coefficient (Wildman–Crippen LogP) is 2.65. The molecule has 0 amide bonds. The number of ether oxygens (including phenoxy) is 1. The smallest absolute Gasteiger partial charge is 0.103 e. The summed E-state index contributed by atoms with van der Waals surface area (Å²) in [5, 5.41) is 4.62. The zero-order chi connectivity index (χ0) is 12.0. The van der Waals surface area contributed by atoms with Gasteiger partial charge in [-0.25, -0.2) is 4.98 Å². The Morgan fingerprint density at radius 3 is 2.81 bits per heavy atom. The van der Waals surface area contributed by atoms with Crippen LogP contribution in [0.15, 0.2) is 0 Å². The van der Waals surface area contributed by atoms with E-state index in [9.17, 15) is 0 Å². The van der Waals surface area contributed by atoms with Crippen LogP contribution in [0.2, 0.25) is 0 Å². The molecular formula is C11H20N2OS2. The number of rotatable bonds is 7. The van der Waals surface area contributed by atoms with E-state index in [1.54, 1.807) is 30.2 Å². The van der Waals surface area contributed by atoms with Crippen LogP contribution in [0.5, 0.6) is 0 Å². The molecule has 0 saturated heterocycles. The van der Waals surface area contributed by atoms with Crippen LogP contribution < -0.4 is 5.32 Å². The van der Waals surface area contributed by atoms with Gasteiger partial charge in [-0.15, -0.1) is 11.3 Å². The highest BCUT2D eigenvalue weighted by atomic mass is 32.2. The molecule has 0 aliphatic carbocycles. The van der Waals surface area contributed by atoms with Crippen molar-refractivity contribution >= 4 is 23.1 Å². The fourth-order valence-electron chi connectivity index (χ4n) is 1.31. The summed E-state index contributed by atoms with van der Waals surface area (Å²) in [6.45, 7) is 5.81. The highest BCUT2D eigenvalue weighted by molar-refractivity contribution is 7.97. The summed E-state index contributed by atoms with van der Waals surface area (Å²) in [5.74, 6) is 0.989. The zero-order valence-electron chi connectivity index (χ0n) is 10.4. The van der Waals surface area contributed by atoms with Crippen LogP contribution in [0.1, 0.15) is 29.4 Å². The lowest BCUT2D eigenvalue weighted by Gasteiger charge is -2.07. The van der Waals surface area contributed by atoms with Gasteiger partial charge in [-0.2, -0.15) is 11.8 Å². The number of thioether (sulfide) groups is 1. The Hall–Kier alpha value is -0.100. The first-order valence-corrected chi connectivity index (χ1v) is 7.57. The number of methoxy groups -OCH3 is 1. The lowest BCUT2D eigenvalue weighted by molar-refractivity contribution is 0.181. The maximum absolute atomic E-state index is 5.18. The quantitative estimate of drug-likeness (QED) is 0.817. The molecular weight excluding hydrogens is 240 g/mol. The molecule has 0 saturated carbocycles. The molecule has 1 heterocycles. The lowest BCUT2D eigenvalue weighted by atomic mass is 10.3. The summed E-state index contributed by atoms with van der Waals surface area (Å²) in [5.41, 5.74) is 1.09.